The van der Waals surface area contributed by atoms with E-state index in [9.17, 15) is 4.79 Å². The van der Waals surface area contributed by atoms with E-state index < -0.39 is 0 Å². The molecule has 0 bridgehead atoms. The number of rotatable bonds is 10. The minimum absolute atomic E-state index is 0.144. The molecule has 19 heavy (non-hydrogen) atoms. The van der Waals surface area contributed by atoms with Crippen molar-refractivity contribution in [3.63, 3.8) is 0 Å². The lowest BCUT2D eigenvalue weighted by Gasteiger charge is -2.24. The van der Waals surface area contributed by atoms with Gasteiger partial charge in [0.2, 0.25) is 0 Å². The summed E-state index contributed by atoms with van der Waals surface area (Å²) in [5.41, 5.74) is 0. The summed E-state index contributed by atoms with van der Waals surface area (Å²) in [5, 5.41) is 0. The maximum atomic E-state index is 11.2. The maximum absolute atomic E-state index is 11.2. The fourth-order valence-electron chi connectivity index (χ4n) is 2.30. The number of unbranched alkanes of at least 4 members (excludes halogenated alkanes) is 1. The van der Waals surface area contributed by atoms with Crippen molar-refractivity contribution in [2.45, 2.75) is 38.2 Å². The summed E-state index contributed by atoms with van der Waals surface area (Å²) in [5.74, 6) is -0.144. The number of hydrogen-bond donors (Lipinski definition) is 0. The van der Waals surface area contributed by atoms with Gasteiger partial charge in [0.1, 0.15) is 0 Å². The van der Waals surface area contributed by atoms with E-state index in [4.69, 9.17) is 14.2 Å². The molecule has 1 aliphatic rings. The van der Waals surface area contributed by atoms with Crippen LogP contribution in [0.2, 0.25) is 0 Å². The van der Waals surface area contributed by atoms with E-state index in [1.54, 1.807) is 7.11 Å². The van der Waals surface area contributed by atoms with Gasteiger partial charge in [-0.15, -0.1) is 0 Å². The first-order valence-corrected chi connectivity index (χ1v) is 7.16. The molecule has 0 aromatic carbocycles. The van der Waals surface area contributed by atoms with Crippen LogP contribution in [-0.2, 0) is 19.0 Å². The van der Waals surface area contributed by atoms with Crippen molar-refractivity contribution < 1.29 is 19.0 Å². The number of carbonyl (C=O) groups excluding carboxylic acids is 1. The van der Waals surface area contributed by atoms with Crippen LogP contribution in [0.1, 0.15) is 32.1 Å². The molecule has 1 fully saturated rings. The highest BCUT2D eigenvalue weighted by atomic mass is 16.5. The molecule has 1 unspecified atom stereocenters. The van der Waals surface area contributed by atoms with Crippen molar-refractivity contribution in [1.82, 2.24) is 4.90 Å². The first-order chi connectivity index (χ1) is 9.26. The first-order valence-electron chi connectivity index (χ1n) is 7.16. The topological polar surface area (TPSA) is 48.0 Å². The van der Waals surface area contributed by atoms with Crippen molar-refractivity contribution in [1.29, 1.82) is 0 Å². The average molecular weight is 273 g/mol. The number of nitrogens with zero attached hydrogens (tertiary/aromatic N) is 1. The minimum Gasteiger partial charge on any atom is -0.469 e. The molecule has 0 aromatic rings. The molecule has 112 valence electrons. The predicted octanol–water partition coefficient (Wildman–Crippen LogP) is 1.46. The Kier molecular flexibility index (Phi) is 8.79. The second-order valence-electron chi connectivity index (χ2n) is 4.96. The Labute approximate surface area is 116 Å². The maximum Gasteiger partial charge on any atom is 0.306 e. The Morgan fingerprint density at radius 2 is 2.16 bits per heavy atom. The third-order valence-electron chi connectivity index (χ3n) is 3.42. The molecular weight excluding hydrogens is 246 g/mol. The predicted molar refractivity (Wildman–Crippen MR) is 73.2 cm³/mol. The molecule has 0 spiro atoms. The summed E-state index contributed by atoms with van der Waals surface area (Å²) in [6.45, 7) is 4.33. The van der Waals surface area contributed by atoms with Gasteiger partial charge in [-0.2, -0.15) is 0 Å². The molecule has 0 aromatic heterocycles. The number of esters is 1. The number of carbonyl (C=O) groups is 1. The van der Waals surface area contributed by atoms with Crippen molar-refractivity contribution >= 4 is 5.97 Å². The molecule has 0 saturated carbocycles. The van der Waals surface area contributed by atoms with Crippen molar-refractivity contribution in [2.24, 2.45) is 0 Å². The van der Waals surface area contributed by atoms with Gasteiger partial charge in [0.05, 0.1) is 19.6 Å². The number of methoxy groups -OCH3 is 2. The van der Waals surface area contributed by atoms with Gasteiger partial charge in [-0.3, -0.25) is 4.79 Å². The SMILES string of the molecule is COCCCCN(CCC(=O)OC)CC1CCCO1. The quantitative estimate of drug-likeness (QED) is 0.445. The Morgan fingerprint density at radius 3 is 2.79 bits per heavy atom. The zero-order chi connectivity index (χ0) is 13.9. The number of hydrogen-bond acceptors (Lipinski definition) is 5. The summed E-state index contributed by atoms with van der Waals surface area (Å²) in [7, 11) is 3.16. The van der Waals surface area contributed by atoms with Crippen molar-refractivity contribution in [3.05, 3.63) is 0 Å². The van der Waals surface area contributed by atoms with Crippen LogP contribution < -0.4 is 0 Å². The number of ether oxygens (including phenoxy) is 3. The van der Waals surface area contributed by atoms with Crippen LogP contribution in [0.3, 0.4) is 0 Å². The normalized spacial score (nSPS) is 19.0. The Hall–Kier alpha value is -0.650. The van der Waals surface area contributed by atoms with Crippen LogP contribution in [0.4, 0.5) is 0 Å². The highest BCUT2D eigenvalue weighted by Gasteiger charge is 2.19. The summed E-state index contributed by atoms with van der Waals surface area (Å²) in [6, 6.07) is 0. The lowest BCUT2D eigenvalue weighted by Crippen LogP contribution is -2.35. The van der Waals surface area contributed by atoms with Crippen LogP contribution >= 0.6 is 0 Å². The van der Waals surface area contributed by atoms with E-state index in [0.717, 1.165) is 58.5 Å². The van der Waals surface area contributed by atoms with Gasteiger partial charge in [-0.25, -0.2) is 0 Å². The van der Waals surface area contributed by atoms with Gasteiger partial charge in [0.25, 0.3) is 0 Å². The van der Waals surface area contributed by atoms with Crippen LogP contribution in [-0.4, -0.2) is 64.0 Å². The van der Waals surface area contributed by atoms with E-state index in [0.29, 0.717) is 12.5 Å². The van der Waals surface area contributed by atoms with E-state index in [1.165, 1.54) is 7.11 Å². The van der Waals surface area contributed by atoms with Gasteiger partial charge in [-0.1, -0.05) is 0 Å². The van der Waals surface area contributed by atoms with Gasteiger partial charge >= 0.3 is 5.97 Å². The standard InChI is InChI=1S/C14H27NO4/c1-17-10-4-3-8-15(9-7-14(16)18-2)12-13-6-5-11-19-13/h13H,3-12H2,1-2H3. The van der Waals surface area contributed by atoms with Crippen molar-refractivity contribution in [3.8, 4) is 0 Å². The lowest BCUT2D eigenvalue weighted by atomic mass is 10.2. The van der Waals surface area contributed by atoms with Crippen molar-refractivity contribution in [2.75, 3.05) is 47.1 Å². The fraction of sp³-hybridized carbons (Fsp3) is 0.929. The molecule has 1 saturated heterocycles. The van der Waals surface area contributed by atoms with Crippen LogP contribution in [0.5, 0.6) is 0 Å². The monoisotopic (exact) mass is 273 g/mol. The van der Waals surface area contributed by atoms with E-state index in [-0.39, 0.29) is 5.97 Å². The molecule has 1 heterocycles. The smallest absolute Gasteiger partial charge is 0.306 e. The summed E-state index contributed by atoms with van der Waals surface area (Å²) < 4.78 is 15.4. The zero-order valence-electron chi connectivity index (χ0n) is 12.2. The highest BCUT2D eigenvalue weighted by molar-refractivity contribution is 5.69. The van der Waals surface area contributed by atoms with Crippen LogP contribution in [0, 0.1) is 0 Å². The molecule has 5 heteroatoms. The second kappa shape index (κ2) is 10.2. The highest BCUT2D eigenvalue weighted by Crippen LogP contribution is 2.14. The largest absolute Gasteiger partial charge is 0.469 e. The Balaban J connectivity index is 2.26. The Bertz CT molecular complexity index is 242. The molecule has 1 rings (SSSR count). The molecule has 1 aliphatic heterocycles. The van der Waals surface area contributed by atoms with Crippen LogP contribution in [0.25, 0.3) is 0 Å². The minimum atomic E-state index is -0.144. The molecule has 1 atom stereocenters. The molecule has 0 radical (unpaired) electrons. The fourth-order valence-corrected chi connectivity index (χ4v) is 2.30. The average Bonchev–Trinajstić information content (AvgIpc) is 2.93. The summed E-state index contributed by atoms with van der Waals surface area (Å²) >= 11 is 0. The van der Waals surface area contributed by atoms with E-state index in [1.807, 2.05) is 0 Å². The van der Waals surface area contributed by atoms with E-state index in [2.05, 4.69) is 4.90 Å². The summed E-state index contributed by atoms with van der Waals surface area (Å²) in [6.07, 6.45) is 5.21. The Morgan fingerprint density at radius 1 is 1.32 bits per heavy atom. The van der Waals surface area contributed by atoms with Gasteiger partial charge in [-0.05, 0) is 32.2 Å². The van der Waals surface area contributed by atoms with Gasteiger partial charge < -0.3 is 19.1 Å². The molecule has 5 nitrogen and oxygen atoms in total. The lowest BCUT2D eigenvalue weighted by molar-refractivity contribution is -0.141. The molecule has 0 aliphatic carbocycles. The third-order valence-corrected chi connectivity index (χ3v) is 3.42. The zero-order valence-corrected chi connectivity index (χ0v) is 12.2. The summed E-state index contributed by atoms with van der Waals surface area (Å²) in [4.78, 5) is 13.5. The van der Waals surface area contributed by atoms with Gasteiger partial charge in [0, 0.05) is 33.4 Å². The van der Waals surface area contributed by atoms with Gasteiger partial charge in [0.15, 0.2) is 0 Å². The second-order valence-corrected chi connectivity index (χ2v) is 4.96. The van der Waals surface area contributed by atoms with Crippen LogP contribution in [0.15, 0.2) is 0 Å². The molecule has 0 amide bonds. The molecular formula is C14H27NO4. The first kappa shape index (κ1) is 16.4. The van der Waals surface area contributed by atoms with E-state index >= 15 is 0 Å². The third kappa shape index (κ3) is 7.50. The molecule has 0 N–H and O–H groups in total.